The van der Waals surface area contributed by atoms with Crippen molar-refractivity contribution in [1.82, 2.24) is 15.5 Å². The fourth-order valence-electron chi connectivity index (χ4n) is 2.18. The number of piperidine rings is 1. The number of carbonyl (C=O) groups is 1. The minimum absolute atomic E-state index is 0.00847. The Morgan fingerprint density at radius 1 is 1.53 bits per heavy atom. The zero-order valence-corrected chi connectivity index (χ0v) is 11.2. The highest BCUT2D eigenvalue weighted by Gasteiger charge is 2.37. The van der Waals surface area contributed by atoms with Crippen LogP contribution in [-0.4, -0.2) is 28.7 Å². The maximum atomic E-state index is 12.2. The molecule has 0 aliphatic carbocycles. The van der Waals surface area contributed by atoms with E-state index in [0.29, 0.717) is 5.13 Å². The molecule has 17 heavy (non-hydrogen) atoms. The van der Waals surface area contributed by atoms with Crippen LogP contribution in [0.3, 0.4) is 0 Å². The van der Waals surface area contributed by atoms with E-state index in [-0.39, 0.29) is 17.4 Å². The number of carbonyl (C=O) groups excluding carboxylic acids is 1. The molecule has 1 atom stereocenters. The summed E-state index contributed by atoms with van der Waals surface area (Å²) in [5, 5.41) is 15.3. The molecule has 0 saturated carbocycles. The molecule has 1 amide bonds. The molecule has 0 aromatic carbocycles. The minimum Gasteiger partial charge on any atom is -0.305 e. The lowest BCUT2D eigenvalue weighted by molar-refractivity contribution is -0.121. The average molecular weight is 254 g/mol. The first-order valence-electron chi connectivity index (χ1n) is 5.83. The summed E-state index contributed by atoms with van der Waals surface area (Å²) in [6.07, 6.45) is 2.18. The van der Waals surface area contributed by atoms with Gasteiger partial charge in [-0.1, -0.05) is 25.2 Å². The summed E-state index contributed by atoms with van der Waals surface area (Å²) in [6.45, 7) is 7.01. The van der Waals surface area contributed by atoms with Gasteiger partial charge in [-0.15, -0.1) is 10.2 Å². The van der Waals surface area contributed by atoms with Crippen LogP contribution in [0.15, 0.2) is 0 Å². The van der Waals surface area contributed by atoms with Crippen molar-refractivity contribution < 1.29 is 4.79 Å². The quantitative estimate of drug-likeness (QED) is 0.840. The summed E-state index contributed by atoms with van der Waals surface area (Å²) in [7, 11) is 0. The molecule has 1 aliphatic heterocycles. The number of nitrogens with one attached hydrogen (secondary N) is 2. The second-order valence-corrected chi connectivity index (χ2v) is 6.28. The second kappa shape index (κ2) is 4.70. The second-order valence-electron chi connectivity index (χ2n) is 5.09. The molecule has 1 fully saturated rings. The topological polar surface area (TPSA) is 66.9 Å². The number of amides is 1. The molecule has 2 rings (SSSR count). The van der Waals surface area contributed by atoms with E-state index in [1.807, 2.05) is 6.92 Å². The Kier molecular flexibility index (Phi) is 3.44. The van der Waals surface area contributed by atoms with Gasteiger partial charge in [-0.3, -0.25) is 10.1 Å². The molecule has 0 spiro atoms. The van der Waals surface area contributed by atoms with E-state index in [2.05, 4.69) is 34.7 Å². The molecule has 1 aliphatic rings. The first-order chi connectivity index (χ1) is 7.99. The number of anilines is 1. The highest BCUT2D eigenvalue weighted by Crippen LogP contribution is 2.30. The number of nitrogens with zero attached hydrogens (tertiary/aromatic N) is 2. The molecule has 5 nitrogen and oxygen atoms in total. The largest absolute Gasteiger partial charge is 0.305 e. The summed E-state index contributed by atoms with van der Waals surface area (Å²) in [4.78, 5) is 12.2. The van der Waals surface area contributed by atoms with Crippen LogP contribution >= 0.6 is 11.3 Å². The first-order valence-corrected chi connectivity index (χ1v) is 6.65. The molecular formula is C11H18N4OS. The van der Waals surface area contributed by atoms with Crippen LogP contribution in [0, 0.1) is 12.3 Å². The van der Waals surface area contributed by atoms with Crippen LogP contribution in [0.1, 0.15) is 31.7 Å². The van der Waals surface area contributed by atoms with Crippen molar-refractivity contribution in [1.29, 1.82) is 0 Å². The van der Waals surface area contributed by atoms with Gasteiger partial charge in [0.1, 0.15) is 5.01 Å². The zero-order valence-electron chi connectivity index (χ0n) is 10.4. The monoisotopic (exact) mass is 254 g/mol. The molecule has 94 valence electrons. The fraction of sp³-hybridized carbons (Fsp3) is 0.727. The Balaban J connectivity index is 2.04. The van der Waals surface area contributed by atoms with Gasteiger partial charge in [0.05, 0.1) is 6.04 Å². The lowest BCUT2D eigenvalue weighted by Gasteiger charge is -2.37. The Morgan fingerprint density at radius 2 is 2.29 bits per heavy atom. The van der Waals surface area contributed by atoms with Crippen molar-refractivity contribution in [2.45, 2.75) is 39.7 Å². The smallest absolute Gasteiger partial charge is 0.243 e. The van der Waals surface area contributed by atoms with Gasteiger partial charge in [-0.2, -0.15) is 0 Å². The Labute approximate surface area is 105 Å². The number of hydrogen-bond donors (Lipinski definition) is 2. The molecule has 0 bridgehead atoms. The Bertz CT molecular complexity index is 415. The van der Waals surface area contributed by atoms with E-state index in [0.717, 1.165) is 24.4 Å². The maximum Gasteiger partial charge on any atom is 0.243 e. The molecule has 1 aromatic rings. The summed E-state index contributed by atoms with van der Waals surface area (Å²) >= 11 is 1.40. The van der Waals surface area contributed by atoms with Crippen LogP contribution < -0.4 is 10.6 Å². The van der Waals surface area contributed by atoms with Gasteiger partial charge in [0.2, 0.25) is 11.0 Å². The number of aromatic nitrogens is 2. The van der Waals surface area contributed by atoms with Crippen LogP contribution in [0.4, 0.5) is 5.13 Å². The van der Waals surface area contributed by atoms with E-state index in [1.54, 1.807) is 0 Å². The van der Waals surface area contributed by atoms with E-state index < -0.39 is 0 Å². The van der Waals surface area contributed by atoms with Gasteiger partial charge in [-0.05, 0) is 31.7 Å². The molecule has 1 unspecified atom stereocenters. The number of rotatable bonds is 2. The maximum absolute atomic E-state index is 12.2. The van der Waals surface area contributed by atoms with Crippen LogP contribution in [0.25, 0.3) is 0 Å². The molecule has 2 heterocycles. The third-order valence-corrected chi connectivity index (χ3v) is 3.90. The molecule has 1 aromatic heterocycles. The van der Waals surface area contributed by atoms with Crippen LogP contribution in [-0.2, 0) is 4.79 Å². The average Bonchev–Trinajstić information content (AvgIpc) is 2.63. The summed E-state index contributed by atoms with van der Waals surface area (Å²) < 4.78 is 0. The molecular weight excluding hydrogens is 236 g/mol. The third kappa shape index (κ3) is 2.81. The predicted molar refractivity (Wildman–Crippen MR) is 68.1 cm³/mol. The summed E-state index contributed by atoms with van der Waals surface area (Å²) in [6, 6.07) is -0.152. The van der Waals surface area contributed by atoms with Crippen molar-refractivity contribution >= 4 is 22.4 Å². The minimum atomic E-state index is -0.152. The third-order valence-electron chi connectivity index (χ3n) is 3.15. The van der Waals surface area contributed by atoms with Gasteiger partial charge in [0.25, 0.3) is 0 Å². The molecule has 6 heteroatoms. The lowest BCUT2D eigenvalue weighted by Crippen LogP contribution is -2.53. The molecule has 1 saturated heterocycles. The number of hydrogen-bond acceptors (Lipinski definition) is 5. The van der Waals surface area contributed by atoms with E-state index in [4.69, 9.17) is 0 Å². The van der Waals surface area contributed by atoms with Crippen molar-refractivity contribution in [3.8, 4) is 0 Å². The lowest BCUT2D eigenvalue weighted by atomic mass is 9.77. The Hall–Kier alpha value is -1.01. The SMILES string of the molecule is Cc1nnc(NC(=O)C2NCCCC2(C)C)s1. The highest BCUT2D eigenvalue weighted by atomic mass is 32.1. The normalized spacial score (nSPS) is 23.4. The Morgan fingerprint density at radius 3 is 2.88 bits per heavy atom. The van der Waals surface area contributed by atoms with Gasteiger partial charge in [0.15, 0.2) is 0 Å². The van der Waals surface area contributed by atoms with E-state index in [1.165, 1.54) is 11.3 Å². The van der Waals surface area contributed by atoms with Crippen molar-refractivity contribution in [3.05, 3.63) is 5.01 Å². The fourth-order valence-corrected chi connectivity index (χ4v) is 2.78. The van der Waals surface area contributed by atoms with Gasteiger partial charge in [-0.25, -0.2) is 0 Å². The van der Waals surface area contributed by atoms with Gasteiger partial charge < -0.3 is 5.32 Å². The standard InChI is InChI=1S/C11H18N4OS/c1-7-14-15-10(17-7)13-9(16)8-11(2,3)5-4-6-12-8/h8,12H,4-6H2,1-3H3,(H,13,15,16). The van der Waals surface area contributed by atoms with Crippen LogP contribution in [0.5, 0.6) is 0 Å². The number of aryl methyl sites for hydroxylation is 1. The van der Waals surface area contributed by atoms with Crippen molar-refractivity contribution in [2.75, 3.05) is 11.9 Å². The van der Waals surface area contributed by atoms with Crippen LogP contribution in [0.2, 0.25) is 0 Å². The zero-order chi connectivity index (χ0) is 12.5. The predicted octanol–water partition coefficient (Wildman–Crippen LogP) is 1.56. The van der Waals surface area contributed by atoms with Gasteiger partial charge in [0, 0.05) is 0 Å². The van der Waals surface area contributed by atoms with E-state index >= 15 is 0 Å². The highest BCUT2D eigenvalue weighted by molar-refractivity contribution is 7.15. The summed E-state index contributed by atoms with van der Waals surface area (Å²) in [5.74, 6) is -0.00847. The molecule has 2 N–H and O–H groups in total. The van der Waals surface area contributed by atoms with Gasteiger partial charge >= 0.3 is 0 Å². The van der Waals surface area contributed by atoms with Crippen molar-refractivity contribution in [3.63, 3.8) is 0 Å². The van der Waals surface area contributed by atoms with Crippen molar-refractivity contribution in [2.24, 2.45) is 5.41 Å². The molecule has 0 radical (unpaired) electrons. The first kappa shape index (κ1) is 12.4. The van der Waals surface area contributed by atoms with E-state index in [9.17, 15) is 4.79 Å². The summed E-state index contributed by atoms with van der Waals surface area (Å²) in [5.41, 5.74) is -0.0118.